The molecule has 0 bridgehead atoms. The summed E-state index contributed by atoms with van der Waals surface area (Å²) in [5.41, 5.74) is 0. The molecule has 39 heavy (non-hydrogen) atoms. The molecule has 2 rings (SSSR count). The second kappa shape index (κ2) is 19.2. The molecule has 0 fully saturated rings. The Morgan fingerprint density at radius 2 is 1.15 bits per heavy atom. The van der Waals surface area contributed by atoms with Crippen molar-refractivity contribution in [3.63, 3.8) is 0 Å². The van der Waals surface area contributed by atoms with E-state index in [9.17, 15) is 4.79 Å². The minimum absolute atomic E-state index is 0.0715. The number of esters is 1. The first-order chi connectivity index (χ1) is 18.9. The number of thioether (sulfide) groups is 2. The molecule has 0 spiro atoms. The van der Waals surface area contributed by atoms with Gasteiger partial charge in [-0.15, -0.1) is 0 Å². The average Bonchev–Trinajstić information content (AvgIpc) is 2.93. The molecule has 0 saturated carbocycles. The summed E-state index contributed by atoms with van der Waals surface area (Å²) in [5, 5.41) is 0. The molecule has 0 heterocycles. The predicted molar refractivity (Wildman–Crippen MR) is 180 cm³/mol. The molecule has 0 unspecified atom stereocenters. The van der Waals surface area contributed by atoms with Gasteiger partial charge in [0.15, 0.2) is 0 Å². The number of ether oxygens (including phenoxy) is 1. The van der Waals surface area contributed by atoms with E-state index < -0.39 is 7.26 Å². The maximum atomic E-state index is 12.8. The van der Waals surface area contributed by atoms with Crippen molar-refractivity contribution in [1.29, 1.82) is 0 Å². The van der Waals surface area contributed by atoms with E-state index in [1.807, 2.05) is 37.4 Å². The molecule has 2 aromatic carbocycles. The zero-order valence-electron chi connectivity index (χ0n) is 25.4. The Balaban J connectivity index is 2.35. The Labute approximate surface area is 249 Å². The summed E-state index contributed by atoms with van der Waals surface area (Å²) >= 11 is 3.93. The standard InChI is InChI=1S/C34H55O2PS2/c1-6-9-26-37(27-10-7-2,28-11-8-3)29-18-24-34(25-23-33(35)36-30(4)5,38-31-19-14-12-15-20-31)39-32-21-16-13-17-22-32/h12-17,19-22,30,37H,6-11,18,23-29H2,1-5H3. The fourth-order valence-corrected chi connectivity index (χ4v) is 14.3. The van der Waals surface area contributed by atoms with Crippen molar-refractivity contribution >= 4 is 36.8 Å². The molecule has 5 heteroatoms. The van der Waals surface area contributed by atoms with Crippen LogP contribution in [0.15, 0.2) is 70.5 Å². The van der Waals surface area contributed by atoms with E-state index in [1.165, 1.54) is 79.4 Å². The van der Waals surface area contributed by atoms with Crippen LogP contribution < -0.4 is 0 Å². The maximum absolute atomic E-state index is 12.8. The van der Waals surface area contributed by atoms with Gasteiger partial charge >= 0.3 is 250 Å². The first-order valence-electron chi connectivity index (χ1n) is 15.5. The number of benzene rings is 2. The first-order valence-corrected chi connectivity index (χ1v) is 20.0. The molecule has 0 aliphatic heterocycles. The van der Waals surface area contributed by atoms with E-state index in [-0.39, 0.29) is 16.2 Å². The van der Waals surface area contributed by atoms with Gasteiger partial charge in [-0.1, -0.05) is 0 Å². The number of unbranched alkanes of at least 4 members (excludes halogenated alkanes) is 3. The van der Waals surface area contributed by atoms with Crippen LogP contribution in [0, 0.1) is 0 Å². The van der Waals surface area contributed by atoms with Crippen LogP contribution in [0.3, 0.4) is 0 Å². The van der Waals surface area contributed by atoms with Gasteiger partial charge in [0.25, 0.3) is 0 Å². The number of rotatable bonds is 21. The molecule has 2 aromatic rings. The van der Waals surface area contributed by atoms with Crippen molar-refractivity contribution in [2.75, 3.05) is 24.6 Å². The van der Waals surface area contributed by atoms with Crippen LogP contribution in [-0.4, -0.2) is 40.8 Å². The molecule has 0 aliphatic carbocycles. The number of hydrogen-bond acceptors (Lipinski definition) is 4. The molecule has 0 aromatic heterocycles. The number of hydrogen-bond donors (Lipinski definition) is 0. The summed E-state index contributed by atoms with van der Waals surface area (Å²) in [6, 6.07) is 21.6. The third kappa shape index (κ3) is 13.5. The van der Waals surface area contributed by atoms with Crippen LogP contribution in [0.2, 0.25) is 0 Å². The molecule has 0 aliphatic rings. The van der Waals surface area contributed by atoms with Gasteiger partial charge in [-0.3, -0.25) is 0 Å². The molecule has 0 radical (unpaired) electrons. The van der Waals surface area contributed by atoms with Crippen molar-refractivity contribution in [3.05, 3.63) is 60.7 Å². The molecule has 0 N–H and O–H groups in total. The van der Waals surface area contributed by atoms with Crippen LogP contribution in [0.25, 0.3) is 0 Å². The van der Waals surface area contributed by atoms with Crippen molar-refractivity contribution in [1.82, 2.24) is 0 Å². The Hall–Kier alpha value is -0.960. The van der Waals surface area contributed by atoms with Gasteiger partial charge in [-0.05, 0) is 0 Å². The van der Waals surface area contributed by atoms with Gasteiger partial charge in [0.2, 0.25) is 0 Å². The molecular weight excluding hydrogens is 535 g/mol. The monoisotopic (exact) mass is 590 g/mol. The molecule has 0 atom stereocenters. The van der Waals surface area contributed by atoms with E-state index in [4.69, 9.17) is 4.74 Å². The van der Waals surface area contributed by atoms with Gasteiger partial charge in [0, 0.05) is 0 Å². The predicted octanol–water partition coefficient (Wildman–Crippen LogP) is 10.9. The fourth-order valence-electron chi connectivity index (χ4n) is 5.51. The second-order valence-electron chi connectivity index (χ2n) is 11.4. The molecule has 2 nitrogen and oxygen atoms in total. The Kier molecular flexibility index (Phi) is 16.9. The van der Waals surface area contributed by atoms with Gasteiger partial charge in [-0.2, -0.15) is 0 Å². The third-order valence-corrected chi connectivity index (χ3v) is 16.4. The van der Waals surface area contributed by atoms with Gasteiger partial charge in [-0.25, -0.2) is 0 Å². The fraction of sp³-hybridized carbons (Fsp3) is 0.618. The van der Waals surface area contributed by atoms with Crippen molar-refractivity contribution in [2.45, 2.75) is 119 Å². The number of carbonyl (C=O) groups excluding carboxylic acids is 1. The van der Waals surface area contributed by atoms with Crippen molar-refractivity contribution in [2.24, 2.45) is 0 Å². The topological polar surface area (TPSA) is 26.3 Å². The zero-order valence-corrected chi connectivity index (χ0v) is 28.0. The minimum atomic E-state index is -1.32. The Morgan fingerprint density at radius 1 is 0.718 bits per heavy atom. The number of carbonyl (C=O) groups is 1. The molecule has 0 amide bonds. The average molecular weight is 591 g/mol. The van der Waals surface area contributed by atoms with Crippen LogP contribution in [0.1, 0.15) is 98.8 Å². The van der Waals surface area contributed by atoms with E-state index >= 15 is 0 Å². The van der Waals surface area contributed by atoms with E-state index in [1.54, 1.807) is 0 Å². The van der Waals surface area contributed by atoms with Gasteiger partial charge < -0.3 is 0 Å². The summed E-state index contributed by atoms with van der Waals surface area (Å²) < 4.78 is 5.48. The van der Waals surface area contributed by atoms with Crippen LogP contribution in [0.4, 0.5) is 0 Å². The molecule has 0 saturated heterocycles. The Bertz CT molecular complexity index is 841. The normalized spacial score (nSPS) is 12.6. The third-order valence-electron chi connectivity index (χ3n) is 7.62. The van der Waals surface area contributed by atoms with Crippen LogP contribution in [-0.2, 0) is 9.53 Å². The first kappa shape index (κ1) is 34.2. The summed E-state index contributed by atoms with van der Waals surface area (Å²) in [4.78, 5) is 15.3. The Morgan fingerprint density at radius 3 is 1.56 bits per heavy atom. The van der Waals surface area contributed by atoms with Crippen LogP contribution >= 0.6 is 30.8 Å². The SMILES string of the molecule is CCCC[PH](CCCC)(CCCC)CCCC(CCC(=O)OC(C)C)(Sc1ccccc1)Sc1ccccc1. The summed E-state index contributed by atoms with van der Waals surface area (Å²) in [5.74, 6) is -0.0748. The summed E-state index contributed by atoms with van der Waals surface area (Å²) in [7, 11) is -1.32. The zero-order chi connectivity index (χ0) is 28.4. The second-order valence-corrected chi connectivity index (χ2v) is 19.6. The summed E-state index contributed by atoms with van der Waals surface area (Å²) in [6.45, 7) is 10.9. The van der Waals surface area contributed by atoms with Crippen LogP contribution in [0.5, 0.6) is 0 Å². The molecule has 220 valence electrons. The van der Waals surface area contributed by atoms with Gasteiger partial charge in [0.05, 0.1) is 0 Å². The summed E-state index contributed by atoms with van der Waals surface area (Å²) in [6.07, 6.45) is 17.6. The van der Waals surface area contributed by atoms with Crippen molar-refractivity contribution < 1.29 is 9.53 Å². The van der Waals surface area contributed by atoms with Crippen molar-refractivity contribution in [3.8, 4) is 0 Å². The van der Waals surface area contributed by atoms with Gasteiger partial charge in [0.1, 0.15) is 0 Å². The van der Waals surface area contributed by atoms with E-state index in [0.717, 1.165) is 12.8 Å². The van der Waals surface area contributed by atoms with E-state index in [2.05, 4.69) is 81.4 Å². The quantitative estimate of drug-likeness (QED) is 0.0625. The molecular formula is C34H55O2PS2. The van der Waals surface area contributed by atoms with E-state index in [0.29, 0.717) is 6.42 Å².